The summed E-state index contributed by atoms with van der Waals surface area (Å²) in [5.41, 5.74) is 0. The fraction of sp³-hybridized carbons (Fsp3) is 0.538. The number of hydrogen-bond acceptors (Lipinski definition) is 8. The van der Waals surface area contributed by atoms with Crippen LogP contribution in [0.3, 0.4) is 0 Å². The van der Waals surface area contributed by atoms with Crippen molar-refractivity contribution in [2.45, 2.75) is 43.0 Å². The van der Waals surface area contributed by atoms with Crippen LogP contribution in [0.1, 0.15) is 38.4 Å². The first-order chi connectivity index (χ1) is 10.4. The van der Waals surface area contributed by atoms with Crippen LogP contribution in [-0.4, -0.2) is 34.9 Å². The zero-order chi connectivity index (χ0) is 16.3. The Kier molecular flexibility index (Phi) is 5.03. The lowest BCUT2D eigenvalue weighted by atomic mass is 10.4. The van der Waals surface area contributed by atoms with Gasteiger partial charge in [0.25, 0.3) is 0 Å². The first-order valence-electron chi connectivity index (χ1n) is 6.79. The fourth-order valence-corrected chi connectivity index (χ4v) is 2.83. The quantitative estimate of drug-likeness (QED) is 0.620. The Bertz CT molecular complexity index is 733. The van der Waals surface area contributed by atoms with E-state index in [0.717, 1.165) is 19.0 Å². The number of nitrogens with zero attached hydrogens (tertiary/aromatic N) is 4. The molecule has 1 heterocycles. The van der Waals surface area contributed by atoms with Gasteiger partial charge in [0.15, 0.2) is 19.9 Å². The molecule has 2 rings (SSSR count). The predicted octanol–water partition coefficient (Wildman–Crippen LogP) is 2.07. The van der Waals surface area contributed by atoms with E-state index in [0.29, 0.717) is 16.9 Å². The SMILES string of the molecule is CSc1nc(N/C=C(/C#N)S(=O)(=O)C(C)C)nc(C2CC2)n1. The van der Waals surface area contributed by atoms with Crippen molar-refractivity contribution in [1.82, 2.24) is 15.0 Å². The summed E-state index contributed by atoms with van der Waals surface area (Å²) >= 11 is 1.39. The molecule has 118 valence electrons. The summed E-state index contributed by atoms with van der Waals surface area (Å²) in [4.78, 5) is 12.5. The smallest absolute Gasteiger partial charge is 0.231 e. The summed E-state index contributed by atoms with van der Waals surface area (Å²) in [5.74, 6) is 1.32. The zero-order valence-corrected chi connectivity index (χ0v) is 14.2. The molecular formula is C13H17N5O2S2. The van der Waals surface area contributed by atoms with E-state index in [2.05, 4.69) is 20.3 Å². The number of nitrogens with one attached hydrogen (secondary N) is 1. The van der Waals surface area contributed by atoms with Gasteiger partial charge in [0.2, 0.25) is 5.95 Å². The van der Waals surface area contributed by atoms with Gasteiger partial charge in [-0.05, 0) is 32.9 Å². The van der Waals surface area contributed by atoms with Gasteiger partial charge in [0, 0.05) is 12.1 Å². The highest BCUT2D eigenvalue weighted by Gasteiger charge is 2.28. The molecule has 0 saturated heterocycles. The van der Waals surface area contributed by atoms with Crippen molar-refractivity contribution in [1.29, 1.82) is 5.26 Å². The molecule has 1 aromatic rings. The Hall–Kier alpha value is -1.66. The van der Waals surface area contributed by atoms with Crippen molar-refractivity contribution in [2.75, 3.05) is 11.6 Å². The second-order valence-corrected chi connectivity index (χ2v) is 8.38. The monoisotopic (exact) mass is 339 g/mol. The van der Waals surface area contributed by atoms with Gasteiger partial charge in [-0.25, -0.2) is 13.4 Å². The van der Waals surface area contributed by atoms with Crippen LogP contribution < -0.4 is 5.32 Å². The molecule has 0 radical (unpaired) electrons. The number of sulfone groups is 1. The number of aromatic nitrogens is 3. The van der Waals surface area contributed by atoms with Gasteiger partial charge in [-0.3, -0.25) is 0 Å². The number of rotatable bonds is 6. The number of allylic oxidation sites excluding steroid dienone is 1. The van der Waals surface area contributed by atoms with E-state index in [-0.39, 0.29) is 10.9 Å². The Morgan fingerprint density at radius 1 is 1.41 bits per heavy atom. The maximum atomic E-state index is 12.0. The largest absolute Gasteiger partial charge is 0.329 e. The van der Waals surface area contributed by atoms with Gasteiger partial charge in [-0.1, -0.05) is 11.8 Å². The first-order valence-corrected chi connectivity index (χ1v) is 9.56. The highest BCUT2D eigenvalue weighted by atomic mass is 32.2. The molecule has 9 heteroatoms. The van der Waals surface area contributed by atoms with E-state index in [4.69, 9.17) is 5.26 Å². The summed E-state index contributed by atoms with van der Waals surface area (Å²) in [6, 6.07) is 1.71. The van der Waals surface area contributed by atoms with Crippen molar-refractivity contribution in [3.63, 3.8) is 0 Å². The average molecular weight is 339 g/mol. The summed E-state index contributed by atoms with van der Waals surface area (Å²) in [5, 5.41) is 11.7. The van der Waals surface area contributed by atoms with Crippen LogP contribution in [0.2, 0.25) is 0 Å². The minimum atomic E-state index is -3.63. The number of thioether (sulfide) groups is 1. The Morgan fingerprint density at radius 2 is 2.09 bits per heavy atom. The lowest BCUT2D eigenvalue weighted by Gasteiger charge is -2.07. The fourth-order valence-electron chi connectivity index (χ4n) is 1.61. The van der Waals surface area contributed by atoms with E-state index >= 15 is 0 Å². The van der Waals surface area contributed by atoms with Crippen molar-refractivity contribution >= 4 is 27.5 Å². The molecule has 0 atom stereocenters. The summed E-state index contributed by atoms with van der Waals surface area (Å²) in [6.45, 7) is 3.06. The molecule has 0 unspecified atom stereocenters. The second kappa shape index (κ2) is 6.62. The van der Waals surface area contributed by atoms with Gasteiger partial charge in [-0.2, -0.15) is 15.2 Å². The van der Waals surface area contributed by atoms with Crippen molar-refractivity contribution in [2.24, 2.45) is 0 Å². The third-order valence-corrected chi connectivity index (χ3v) is 5.74. The molecule has 22 heavy (non-hydrogen) atoms. The molecule has 1 fully saturated rings. The standard InChI is InChI=1S/C13H17N5O2S2/c1-8(2)22(19,20)10(6-14)7-15-12-16-11(9-4-5-9)17-13(18-12)21-3/h7-9H,4-5H2,1-3H3,(H,15,16,17,18)/b10-7-. The molecule has 0 aliphatic heterocycles. The first kappa shape index (κ1) is 16.7. The van der Waals surface area contributed by atoms with Crippen molar-refractivity contribution < 1.29 is 8.42 Å². The molecule has 7 nitrogen and oxygen atoms in total. The molecule has 1 N–H and O–H groups in total. The third kappa shape index (κ3) is 3.75. The molecule has 0 bridgehead atoms. The summed E-state index contributed by atoms with van der Waals surface area (Å²) < 4.78 is 24.0. The van der Waals surface area contributed by atoms with Gasteiger partial charge >= 0.3 is 0 Å². The highest BCUT2D eigenvalue weighted by molar-refractivity contribution is 7.98. The number of hydrogen-bond donors (Lipinski definition) is 1. The van der Waals surface area contributed by atoms with Crippen molar-refractivity contribution in [3.8, 4) is 6.07 Å². The van der Waals surface area contributed by atoms with Crippen LogP contribution in [0, 0.1) is 11.3 Å². The van der Waals surface area contributed by atoms with E-state index in [1.165, 1.54) is 25.6 Å². The average Bonchev–Trinajstić information content (AvgIpc) is 3.31. The Labute approximate surface area is 134 Å². The molecule has 1 aliphatic carbocycles. The zero-order valence-electron chi connectivity index (χ0n) is 12.6. The van der Waals surface area contributed by atoms with Crippen LogP contribution in [0.5, 0.6) is 0 Å². The molecule has 1 aliphatic rings. The van der Waals surface area contributed by atoms with Crippen LogP contribution >= 0.6 is 11.8 Å². The van der Waals surface area contributed by atoms with E-state index in [1.54, 1.807) is 6.07 Å². The maximum absolute atomic E-state index is 12.0. The van der Waals surface area contributed by atoms with Gasteiger partial charge in [0.05, 0.1) is 5.25 Å². The van der Waals surface area contributed by atoms with E-state index in [9.17, 15) is 8.42 Å². The van der Waals surface area contributed by atoms with E-state index in [1.807, 2.05) is 6.26 Å². The maximum Gasteiger partial charge on any atom is 0.231 e. The lowest BCUT2D eigenvalue weighted by Crippen LogP contribution is -2.16. The molecule has 1 aromatic heterocycles. The summed E-state index contributed by atoms with van der Waals surface area (Å²) in [7, 11) is -3.63. The Morgan fingerprint density at radius 3 is 2.59 bits per heavy atom. The minimum absolute atomic E-state index is 0.257. The molecule has 1 saturated carbocycles. The van der Waals surface area contributed by atoms with Crippen LogP contribution in [0.4, 0.5) is 5.95 Å². The lowest BCUT2D eigenvalue weighted by molar-refractivity contribution is 0.594. The van der Waals surface area contributed by atoms with Crippen LogP contribution in [0.25, 0.3) is 0 Å². The second-order valence-electron chi connectivity index (χ2n) is 5.14. The van der Waals surface area contributed by atoms with Gasteiger partial charge < -0.3 is 5.32 Å². The normalized spacial score (nSPS) is 15.7. The van der Waals surface area contributed by atoms with Gasteiger partial charge in [-0.15, -0.1) is 0 Å². The topological polar surface area (TPSA) is 109 Å². The third-order valence-electron chi connectivity index (χ3n) is 3.13. The van der Waals surface area contributed by atoms with E-state index < -0.39 is 15.1 Å². The van der Waals surface area contributed by atoms with Gasteiger partial charge in [0.1, 0.15) is 11.9 Å². The van der Waals surface area contributed by atoms with Crippen LogP contribution in [0.15, 0.2) is 16.3 Å². The minimum Gasteiger partial charge on any atom is -0.329 e. The van der Waals surface area contributed by atoms with Crippen molar-refractivity contribution in [3.05, 3.63) is 16.9 Å². The molecular weight excluding hydrogens is 322 g/mol. The van der Waals surface area contributed by atoms with Crippen LogP contribution in [-0.2, 0) is 9.84 Å². The number of nitriles is 1. The number of anilines is 1. The molecule has 0 spiro atoms. The Balaban J connectivity index is 2.28. The molecule has 0 aromatic carbocycles. The highest BCUT2D eigenvalue weighted by Crippen LogP contribution is 2.38. The summed E-state index contributed by atoms with van der Waals surface area (Å²) in [6.07, 6.45) is 5.11. The molecule has 0 amide bonds. The predicted molar refractivity (Wildman–Crippen MR) is 85.0 cm³/mol.